The maximum absolute atomic E-state index is 14.1. The number of carboxylic acids is 1. The molecule has 4 rings (SSSR count). The van der Waals surface area contributed by atoms with Gasteiger partial charge in [-0.15, -0.1) is 0 Å². The highest BCUT2D eigenvalue weighted by molar-refractivity contribution is 5.74. The molecule has 1 aromatic heterocycles. The Morgan fingerprint density at radius 1 is 1.09 bits per heavy atom. The van der Waals surface area contributed by atoms with Crippen LogP contribution in [0, 0.1) is 12.7 Å². The van der Waals surface area contributed by atoms with Gasteiger partial charge < -0.3 is 14.4 Å². The fourth-order valence-electron chi connectivity index (χ4n) is 3.98. The van der Waals surface area contributed by atoms with Gasteiger partial charge in [0.2, 0.25) is 5.82 Å². The van der Waals surface area contributed by atoms with E-state index in [9.17, 15) is 9.18 Å². The average molecular weight is 476 g/mol. The Balaban J connectivity index is 1.58. The molecular formula is C27H26FN3O4. The predicted octanol–water partition coefficient (Wildman–Crippen LogP) is 5.18. The molecule has 0 aliphatic rings. The van der Waals surface area contributed by atoms with Crippen LogP contribution in [0.2, 0.25) is 0 Å². The Morgan fingerprint density at radius 2 is 1.83 bits per heavy atom. The van der Waals surface area contributed by atoms with E-state index in [1.807, 2.05) is 48.5 Å². The number of ether oxygens (including phenoxy) is 1. The van der Waals surface area contributed by atoms with Crippen molar-refractivity contribution in [1.29, 1.82) is 0 Å². The van der Waals surface area contributed by atoms with Gasteiger partial charge in [0.25, 0.3) is 5.89 Å². The molecule has 0 spiro atoms. The van der Waals surface area contributed by atoms with E-state index in [0.717, 1.165) is 33.4 Å². The van der Waals surface area contributed by atoms with E-state index >= 15 is 0 Å². The van der Waals surface area contributed by atoms with Crippen LogP contribution in [0.4, 0.5) is 4.39 Å². The molecule has 0 aliphatic heterocycles. The quantitative estimate of drug-likeness (QED) is 0.357. The van der Waals surface area contributed by atoms with E-state index in [1.165, 1.54) is 6.07 Å². The van der Waals surface area contributed by atoms with Gasteiger partial charge in [0.1, 0.15) is 5.82 Å². The zero-order chi connectivity index (χ0) is 24.9. The number of rotatable bonds is 9. The minimum absolute atomic E-state index is 0.0292. The molecule has 7 nitrogen and oxygen atoms in total. The van der Waals surface area contributed by atoms with Crippen molar-refractivity contribution in [3.63, 3.8) is 0 Å². The van der Waals surface area contributed by atoms with Crippen LogP contribution in [-0.2, 0) is 22.7 Å². The predicted molar refractivity (Wildman–Crippen MR) is 130 cm³/mol. The molecule has 0 saturated carbocycles. The van der Waals surface area contributed by atoms with Crippen LogP contribution >= 0.6 is 0 Å². The van der Waals surface area contributed by atoms with Gasteiger partial charge in [0.05, 0.1) is 13.2 Å². The third kappa shape index (κ3) is 5.62. The third-order valence-corrected chi connectivity index (χ3v) is 5.71. The molecule has 0 unspecified atom stereocenters. The number of hydrogen-bond donors (Lipinski definition) is 1. The molecule has 1 heterocycles. The molecule has 3 aromatic carbocycles. The number of carbonyl (C=O) groups is 1. The maximum Gasteiger partial charge on any atom is 0.317 e. The smallest absolute Gasteiger partial charge is 0.317 e. The van der Waals surface area contributed by atoms with Gasteiger partial charge in [-0.2, -0.15) is 4.98 Å². The second-order valence-corrected chi connectivity index (χ2v) is 8.40. The summed E-state index contributed by atoms with van der Waals surface area (Å²) in [7, 11) is 3.37. The second kappa shape index (κ2) is 10.6. The Labute approximate surface area is 202 Å². The zero-order valence-electron chi connectivity index (χ0n) is 19.8. The molecule has 8 heteroatoms. The highest BCUT2D eigenvalue weighted by Crippen LogP contribution is 2.32. The van der Waals surface area contributed by atoms with Crippen molar-refractivity contribution in [3.8, 4) is 34.0 Å². The summed E-state index contributed by atoms with van der Waals surface area (Å²) in [6, 6.07) is 18.3. The molecule has 0 bridgehead atoms. The molecule has 0 aliphatic carbocycles. The second-order valence-electron chi connectivity index (χ2n) is 8.40. The monoisotopic (exact) mass is 475 g/mol. The van der Waals surface area contributed by atoms with Crippen LogP contribution in [0.5, 0.6) is 0 Å². The van der Waals surface area contributed by atoms with Crippen LogP contribution < -0.4 is 0 Å². The number of carboxylic acid groups (broad SMARTS) is 1. The summed E-state index contributed by atoms with van der Waals surface area (Å²) in [6.07, 6.45) is 0. The topological polar surface area (TPSA) is 88.7 Å². The molecule has 1 N–H and O–H groups in total. The van der Waals surface area contributed by atoms with Gasteiger partial charge in [0.15, 0.2) is 0 Å². The van der Waals surface area contributed by atoms with Crippen molar-refractivity contribution < 1.29 is 23.6 Å². The average Bonchev–Trinajstić information content (AvgIpc) is 3.32. The first-order chi connectivity index (χ1) is 16.9. The van der Waals surface area contributed by atoms with E-state index in [2.05, 4.69) is 10.1 Å². The first-order valence-corrected chi connectivity index (χ1v) is 11.1. The van der Waals surface area contributed by atoms with Gasteiger partial charge in [-0.05, 0) is 60.0 Å². The zero-order valence-corrected chi connectivity index (χ0v) is 19.8. The molecular weight excluding hydrogens is 449 g/mol. The van der Waals surface area contributed by atoms with Gasteiger partial charge in [-0.1, -0.05) is 47.6 Å². The first-order valence-electron chi connectivity index (χ1n) is 11.1. The number of hydrogen-bond acceptors (Lipinski definition) is 6. The Kier molecular flexibility index (Phi) is 7.33. The van der Waals surface area contributed by atoms with Crippen molar-refractivity contribution in [2.45, 2.75) is 20.1 Å². The fraction of sp³-hybridized carbons (Fsp3) is 0.222. The van der Waals surface area contributed by atoms with Crippen molar-refractivity contribution in [2.75, 3.05) is 20.7 Å². The summed E-state index contributed by atoms with van der Waals surface area (Å²) in [5, 5.41) is 13.0. The van der Waals surface area contributed by atoms with Crippen molar-refractivity contribution in [1.82, 2.24) is 15.0 Å². The van der Waals surface area contributed by atoms with Crippen LogP contribution in [0.15, 0.2) is 65.2 Å². The van der Waals surface area contributed by atoms with Gasteiger partial charge in [0, 0.05) is 24.8 Å². The van der Waals surface area contributed by atoms with Crippen molar-refractivity contribution in [3.05, 3.63) is 83.2 Å². The minimum Gasteiger partial charge on any atom is -0.480 e. The summed E-state index contributed by atoms with van der Waals surface area (Å²) in [5.41, 5.74) is 5.66. The lowest BCUT2D eigenvalue weighted by Gasteiger charge is -2.13. The number of aliphatic carboxylic acids is 1. The summed E-state index contributed by atoms with van der Waals surface area (Å²) >= 11 is 0. The Bertz CT molecular complexity index is 1330. The molecule has 0 radical (unpaired) electrons. The number of methoxy groups -OCH3 is 1. The lowest BCUT2D eigenvalue weighted by Crippen LogP contribution is -2.25. The first kappa shape index (κ1) is 24.3. The van der Waals surface area contributed by atoms with Gasteiger partial charge in [-0.25, -0.2) is 4.39 Å². The van der Waals surface area contributed by atoms with Crippen LogP contribution in [0.1, 0.15) is 16.7 Å². The van der Waals surface area contributed by atoms with E-state index < -0.39 is 5.97 Å². The Morgan fingerprint density at radius 3 is 2.54 bits per heavy atom. The van der Waals surface area contributed by atoms with E-state index in [4.69, 9.17) is 14.4 Å². The van der Waals surface area contributed by atoms with Crippen LogP contribution in [0.25, 0.3) is 34.0 Å². The van der Waals surface area contributed by atoms with Crippen LogP contribution in [-0.4, -0.2) is 46.8 Å². The third-order valence-electron chi connectivity index (χ3n) is 5.71. The van der Waals surface area contributed by atoms with E-state index in [-0.39, 0.29) is 12.4 Å². The van der Waals surface area contributed by atoms with E-state index in [1.54, 1.807) is 32.0 Å². The van der Waals surface area contributed by atoms with Crippen LogP contribution in [0.3, 0.4) is 0 Å². The highest BCUT2D eigenvalue weighted by Gasteiger charge is 2.16. The number of aromatic nitrogens is 2. The lowest BCUT2D eigenvalue weighted by molar-refractivity contribution is -0.138. The molecule has 0 saturated heterocycles. The molecule has 0 atom stereocenters. The van der Waals surface area contributed by atoms with E-state index in [0.29, 0.717) is 30.4 Å². The molecule has 0 fully saturated rings. The van der Waals surface area contributed by atoms with Crippen molar-refractivity contribution in [2.24, 2.45) is 0 Å². The lowest BCUT2D eigenvalue weighted by atomic mass is 9.94. The normalized spacial score (nSPS) is 11.2. The highest BCUT2D eigenvalue weighted by atomic mass is 19.1. The number of benzene rings is 3. The fourth-order valence-corrected chi connectivity index (χ4v) is 3.98. The number of likely N-dealkylation sites (N-methyl/N-ethyl adjacent to an activating group) is 1. The Hall–Kier alpha value is -3.88. The molecule has 4 aromatic rings. The SMILES string of the molecule is COCc1cc(-c2nc(-c3ccc(CN(C)CC(=O)O)cc3)no2)ccc1-c1cccc(F)c1C. The summed E-state index contributed by atoms with van der Waals surface area (Å²) in [6.45, 7) is 2.59. The minimum atomic E-state index is -0.865. The van der Waals surface area contributed by atoms with Gasteiger partial charge in [-0.3, -0.25) is 9.69 Å². The number of nitrogens with zero attached hydrogens (tertiary/aromatic N) is 3. The summed E-state index contributed by atoms with van der Waals surface area (Å²) in [5.74, 6) is -0.304. The molecule has 0 amide bonds. The summed E-state index contributed by atoms with van der Waals surface area (Å²) in [4.78, 5) is 17.1. The largest absolute Gasteiger partial charge is 0.480 e. The maximum atomic E-state index is 14.1. The number of halogens is 1. The summed E-state index contributed by atoms with van der Waals surface area (Å²) < 4.78 is 25.1. The van der Waals surface area contributed by atoms with Gasteiger partial charge >= 0.3 is 5.97 Å². The molecule has 35 heavy (non-hydrogen) atoms. The molecule has 180 valence electrons. The van der Waals surface area contributed by atoms with Crippen molar-refractivity contribution >= 4 is 5.97 Å². The standard InChI is InChI=1S/C27H26FN3O4/c1-17-22(5-4-6-24(17)28)23-12-11-20(13-21(23)16-34-3)27-29-26(30-35-27)19-9-7-18(8-10-19)14-31(2)15-25(32)33/h4-13H,14-16H2,1-3H3,(H,32,33).